The van der Waals surface area contributed by atoms with Crippen LogP contribution in [-0.2, 0) is 16.1 Å². The van der Waals surface area contributed by atoms with E-state index < -0.39 is 6.04 Å². The maximum absolute atomic E-state index is 11.8. The SMILES string of the molecule is COc1cccc(CNC(=O)C(CS)NC(C)=O)c1. The third kappa shape index (κ3) is 5.21. The summed E-state index contributed by atoms with van der Waals surface area (Å²) >= 11 is 4.05. The third-order valence-corrected chi connectivity index (χ3v) is 2.84. The van der Waals surface area contributed by atoms with Crippen LogP contribution < -0.4 is 15.4 Å². The summed E-state index contributed by atoms with van der Waals surface area (Å²) in [6.07, 6.45) is 0. The van der Waals surface area contributed by atoms with Crippen molar-refractivity contribution in [3.05, 3.63) is 29.8 Å². The lowest BCUT2D eigenvalue weighted by Gasteiger charge is -2.15. The van der Waals surface area contributed by atoms with Gasteiger partial charge in [-0.25, -0.2) is 0 Å². The Bertz CT molecular complexity index is 451. The Hall–Kier alpha value is -1.69. The fourth-order valence-corrected chi connectivity index (χ4v) is 1.79. The van der Waals surface area contributed by atoms with Crippen LogP contribution in [0.25, 0.3) is 0 Å². The van der Waals surface area contributed by atoms with E-state index in [4.69, 9.17) is 4.74 Å². The van der Waals surface area contributed by atoms with Gasteiger partial charge in [-0.15, -0.1) is 0 Å². The smallest absolute Gasteiger partial charge is 0.243 e. The van der Waals surface area contributed by atoms with Gasteiger partial charge in [0.05, 0.1) is 7.11 Å². The number of carbonyl (C=O) groups excluding carboxylic acids is 2. The summed E-state index contributed by atoms with van der Waals surface area (Å²) in [5.41, 5.74) is 0.924. The molecule has 19 heavy (non-hydrogen) atoms. The first-order valence-electron chi connectivity index (χ1n) is 5.85. The van der Waals surface area contributed by atoms with Gasteiger partial charge in [-0.1, -0.05) is 12.1 Å². The molecule has 1 unspecified atom stereocenters. The largest absolute Gasteiger partial charge is 0.497 e. The minimum absolute atomic E-state index is 0.253. The molecule has 2 N–H and O–H groups in total. The number of hydrogen-bond acceptors (Lipinski definition) is 4. The third-order valence-electron chi connectivity index (χ3n) is 2.48. The molecule has 0 heterocycles. The highest BCUT2D eigenvalue weighted by molar-refractivity contribution is 7.80. The highest BCUT2D eigenvalue weighted by Crippen LogP contribution is 2.12. The second kappa shape index (κ2) is 7.68. The van der Waals surface area contributed by atoms with Crippen LogP contribution in [0.15, 0.2) is 24.3 Å². The second-order valence-electron chi connectivity index (χ2n) is 4.01. The van der Waals surface area contributed by atoms with Crippen molar-refractivity contribution in [2.45, 2.75) is 19.5 Å². The van der Waals surface area contributed by atoms with Crippen molar-refractivity contribution in [3.8, 4) is 5.75 Å². The normalized spacial score (nSPS) is 11.5. The Morgan fingerprint density at radius 2 is 2.16 bits per heavy atom. The summed E-state index contributed by atoms with van der Waals surface area (Å²) in [4.78, 5) is 22.8. The van der Waals surface area contributed by atoms with Crippen molar-refractivity contribution >= 4 is 24.4 Å². The molecule has 0 radical (unpaired) electrons. The monoisotopic (exact) mass is 282 g/mol. The number of hydrogen-bond donors (Lipinski definition) is 3. The number of nitrogens with one attached hydrogen (secondary N) is 2. The van der Waals surface area contributed by atoms with E-state index in [2.05, 4.69) is 23.3 Å². The van der Waals surface area contributed by atoms with Crippen molar-refractivity contribution < 1.29 is 14.3 Å². The summed E-state index contributed by atoms with van der Waals surface area (Å²) in [7, 11) is 1.59. The predicted octanol–water partition coefficient (Wildman–Crippen LogP) is 0.746. The molecule has 0 aliphatic rings. The molecule has 0 aromatic heterocycles. The summed E-state index contributed by atoms with van der Waals surface area (Å²) in [5, 5.41) is 5.28. The van der Waals surface area contributed by atoms with E-state index in [1.807, 2.05) is 24.3 Å². The predicted molar refractivity (Wildman–Crippen MR) is 76.3 cm³/mol. The van der Waals surface area contributed by atoms with Crippen molar-refractivity contribution in [1.29, 1.82) is 0 Å². The van der Waals surface area contributed by atoms with E-state index >= 15 is 0 Å². The van der Waals surface area contributed by atoms with Crippen molar-refractivity contribution in [3.63, 3.8) is 0 Å². The molecule has 0 spiro atoms. The van der Waals surface area contributed by atoms with Gasteiger partial charge < -0.3 is 15.4 Å². The van der Waals surface area contributed by atoms with Gasteiger partial charge in [0, 0.05) is 19.2 Å². The van der Waals surface area contributed by atoms with Crippen LogP contribution in [0, 0.1) is 0 Å². The zero-order valence-electron chi connectivity index (χ0n) is 11.0. The molecule has 6 heteroatoms. The number of rotatable bonds is 6. The molecule has 0 saturated heterocycles. The maximum atomic E-state index is 11.8. The molecule has 1 aromatic rings. The minimum Gasteiger partial charge on any atom is -0.497 e. The van der Waals surface area contributed by atoms with Crippen LogP contribution >= 0.6 is 12.6 Å². The van der Waals surface area contributed by atoms with Crippen molar-refractivity contribution in [2.24, 2.45) is 0 Å². The zero-order valence-corrected chi connectivity index (χ0v) is 11.9. The van der Waals surface area contributed by atoms with E-state index in [1.54, 1.807) is 7.11 Å². The summed E-state index contributed by atoms with van der Waals surface area (Å²) in [6.45, 7) is 1.74. The van der Waals surface area contributed by atoms with Gasteiger partial charge in [-0.3, -0.25) is 9.59 Å². The van der Waals surface area contributed by atoms with Crippen LogP contribution in [0.2, 0.25) is 0 Å². The number of carbonyl (C=O) groups is 2. The maximum Gasteiger partial charge on any atom is 0.243 e. The van der Waals surface area contributed by atoms with Gasteiger partial charge in [0.2, 0.25) is 11.8 Å². The van der Waals surface area contributed by atoms with Gasteiger partial charge in [0.15, 0.2) is 0 Å². The molecule has 104 valence electrons. The number of methoxy groups -OCH3 is 1. The summed E-state index contributed by atoms with van der Waals surface area (Å²) in [6, 6.07) is 6.79. The lowest BCUT2D eigenvalue weighted by Crippen LogP contribution is -2.47. The number of amides is 2. The topological polar surface area (TPSA) is 67.4 Å². The fraction of sp³-hybridized carbons (Fsp3) is 0.385. The van der Waals surface area contributed by atoms with Gasteiger partial charge in [-0.05, 0) is 17.7 Å². The molecule has 1 atom stereocenters. The highest BCUT2D eigenvalue weighted by Gasteiger charge is 2.16. The van der Waals surface area contributed by atoms with Gasteiger partial charge in [-0.2, -0.15) is 12.6 Å². The Morgan fingerprint density at radius 1 is 1.42 bits per heavy atom. The molecule has 5 nitrogen and oxygen atoms in total. The molecule has 0 bridgehead atoms. The van der Waals surface area contributed by atoms with Crippen LogP contribution in [0.4, 0.5) is 0 Å². The molecule has 1 aromatic carbocycles. The summed E-state index contributed by atoms with van der Waals surface area (Å²) < 4.78 is 5.10. The van der Waals surface area contributed by atoms with Gasteiger partial charge >= 0.3 is 0 Å². The Balaban J connectivity index is 2.54. The highest BCUT2D eigenvalue weighted by atomic mass is 32.1. The number of benzene rings is 1. The van der Waals surface area contributed by atoms with Crippen molar-refractivity contribution in [2.75, 3.05) is 12.9 Å². The lowest BCUT2D eigenvalue weighted by molar-refractivity contribution is -0.127. The Labute approximate surface area is 118 Å². The molecule has 0 aliphatic carbocycles. The van der Waals surface area contributed by atoms with E-state index in [1.165, 1.54) is 6.92 Å². The van der Waals surface area contributed by atoms with E-state index in [0.717, 1.165) is 11.3 Å². The quantitative estimate of drug-likeness (QED) is 0.674. The second-order valence-corrected chi connectivity index (χ2v) is 4.37. The molecule has 2 amide bonds. The average Bonchev–Trinajstić information content (AvgIpc) is 2.42. The van der Waals surface area contributed by atoms with Gasteiger partial charge in [0.25, 0.3) is 0 Å². The molecular weight excluding hydrogens is 264 g/mol. The fourth-order valence-electron chi connectivity index (χ4n) is 1.53. The first kappa shape index (κ1) is 15.4. The van der Waals surface area contributed by atoms with E-state index in [0.29, 0.717) is 6.54 Å². The molecule has 1 rings (SSSR count). The van der Waals surface area contributed by atoms with Crippen LogP contribution in [0.5, 0.6) is 5.75 Å². The Kier molecular flexibility index (Phi) is 6.21. The number of ether oxygens (including phenoxy) is 1. The van der Waals surface area contributed by atoms with Crippen molar-refractivity contribution in [1.82, 2.24) is 10.6 Å². The minimum atomic E-state index is -0.619. The first-order valence-corrected chi connectivity index (χ1v) is 6.48. The molecule has 0 fully saturated rings. The van der Waals surface area contributed by atoms with E-state index in [9.17, 15) is 9.59 Å². The van der Waals surface area contributed by atoms with E-state index in [-0.39, 0.29) is 17.6 Å². The average molecular weight is 282 g/mol. The lowest BCUT2D eigenvalue weighted by atomic mass is 10.2. The Morgan fingerprint density at radius 3 is 2.74 bits per heavy atom. The molecule has 0 saturated carbocycles. The van der Waals surface area contributed by atoms with Gasteiger partial charge in [0.1, 0.15) is 11.8 Å². The molecule has 0 aliphatic heterocycles. The first-order chi connectivity index (χ1) is 9.06. The summed E-state index contributed by atoms with van der Waals surface area (Å²) in [5.74, 6) is 0.478. The standard InChI is InChI=1S/C13H18N2O3S/c1-9(16)15-12(8-19)13(17)14-7-10-4-3-5-11(6-10)18-2/h3-6,12,19H,7-8H2,1-2H3,(H,14,17)(H,15,16). The zero-order chi connectivity index (χ0) is 14.3. The van der Waals surface area contributed by atoms with Crippen LogP contribution in [-0.4, -0.2) is 30.7 Å². The molecular formula is C13H18N2O3S. The van der Waals surface area contributed by atoms with Crippen LogP contribution in [0.3, 0.4) is 0 Å². The van der Waals surface area contributed by atoms with Crippen LogP contribution in [0.1, 0.15) is 12.5 Å². The number of thiol groups is 1.